The van der Waals surface area contributed by atoms with E-state index in [9.17, 15) is 9.59 Å². The van der Waals surface area contributed by atoms with Crippen molar-refractivity contribution in [1.29, 1.82) is 0 Å². The number of nitrogens with one attached hydrogen (secondary N) is 4. The van der Waals surface area contributed by atoms with Crippen LogP contribution in [0.5, 0.6) is 0 Å². The summed E-state index contributed by atoms with van der Waals surface area (Å²) in [6.07, 6.45) is 2.40. The Morgan fingerprint density at radius 2 is 1.90 bits per heavy atom. The maximum Gasteiger partial charge on any atom is 0.312 e. The molecule has 0 saturated heterocycles. The minimum Gasteiger partial charge on any atom is -0.357 e. The number of hydrogen-bond acceptors (Lipinski definition) is 4. The van der Waals surface area contributed by atoms with Crippen molar-refractivity contribution >= 4 is 41.0 Å². The molecule has 0 aromatic heterocycles. The fourth-order valence-electron chi connectivity index (χ4n) is 1.25. The molecular weight excluding hydrogens is 298 g/mol. The highest BCUT2D eigenvalue weighted by Gasteiger charge is 2.19. The van der Waals surface area contributed by atoms with Gasteiger partial charge in [0.05, 0.1) is 0 Å². The third kappa shape index (κ3) is 9.68. The van der Waals surface area contributed by atoms with Crippen molar-refractivity contribution in [3.63, 3.8) is 0 Å². The van der Waals surface area contributed by atoms with Crippen LogP contribution in [-0.2, 0) is 4.79 Å². The van der Waals surface area contributed by atoms with Gasteiger partial charge in [-0.3, -0.25) is 15.6 Å². The molecule has 0 unspecified atom stereocenters. The molecule has 0 aromatic rings. The summed E-state index contributed by atoms with van der Waals surface area (Å²) in [6, 6.07) is -1.42. The van der Waals surface area contributed by atoms with Gasteiger partial charge in [0.25, 0.3) is 5.91 Å². The Balaban J connectivity index is 4.31. The van der Waals surface area contributed by atoms with Gasteiger partial charge in [-0.25, -0.2) is 4.79 Å². The molecule has 1 atom stereocenters. The second-order valence-electron chi connectivity index (χ2n) is 5.16. The maximum atomic E-state index is 11.9. The zero-order valence-corrected chi connectivity index (χ0v) is 13.8. The van der Waals surface area contributed by atoms with Crippen molar-refractivity contribution < 1.29 is 9.59 Å². The number of urea groups is 1. The van der Waals surface area contributed by atoms with Crippen molar-refractivity contribution in [3.8, 4) is 0 Å². The first-order chi connectivity index (χ1) is 9.15. The largest absolute Gasteiger partial charge is 0.357 e. The van der Waals surface area contributed by atoms with E-state index in [4.69, 9.17) is 18.0 Å². The lowest BCUT2D eigenvalue weighted by Gasteiger charge is -2.24. The van der Waals surface area contributed by atoms with E-state index in [1.807, 2.05) is 27.0 Å². The van der Waals surface area contributed by atoms with Crippen LogP contribution in [0.25, 0.3) is 0 Å². The summed E-state index contributed by atoms with van der Waals surface area (Å²) in [6.45, 7) is 5.83. The Kier molecular flexibility index (Phi) is 8.31. The number of amides is 3. The van der Waals surface area contributed by atoms with Gasteiger partial charge in [-0.1, -0.05) is 0 Å². The van der Waals surface area contributed by atoms with Crippen molar-refractivity contribution in [2.24, 2.45) is 5.73 Å². The highest BCUT2D eigenvalue weighted by Crippen LogP contribution is 2.01. The van der Waals surface area contributed by atoms with Gasteiger partial charge in [-0.05, 0) is 51.4 Å². The van der Waals surface area contributed by atoms with Gasteiger partial charge in [0.2, 0.25) is 0 Å². The van der Waals surface area contributed by atoms with E-state index in [0.717, 1.165) is 5.75 Å². The molecule has 0 heterocycles. The van der Waals surface area contributed by atoms with Crippen molar-refractivity contribution in [2.45, 2.75) is 38.8 Å². The predicted octanol–water partition coefficient (Wildman–Crippen LogP) is 0.0702. The fraction of sp³-hybridized carbons (Fsp3) is 0.727. The molecule has 0 spiro atoms. The molecule has 0 rings (SSSR count). The van der Waals surface area contributed by atoms with Gasteiger partial charge in [-0.15, -0.1) is 0 Å². The minimum absolute atomic E-state index is 0.210. The zero-order valence-electron chi connectivity index (χ0n) is 12.2. The predicted molar refractivity (Wildman–Crippen MR) is 86.3 cm³/mol. The normalized spacial score (nSPS) is 12.2. The van der Waals surface area contributed by atoms with Crippen LogP contribution in [0.2, 0.25) is 0 Å². The molecule has 0 bridgehead atoms. The first-order valence-electron chi connectivity index (χ1n) is 6.08. The molecule has 0 radical (unpaired) electrons. The van der Waals surface area contributed by atoms with E-state index in [0.29, 0.717) is 11.5 Å². The summed E-state index contributed by atoms with van der Waals surface area (Å²) in [5.74, 6) is 0.333. The molecule has 0 fully saturated rings. The Labute approximate surface area is 129 Å². The summed E-state index contributed by atoms with van der Waals surface area (Å²) in [4.78, 5) is 22.8. The molecule has 6 N–H and O–H groups in total. The van der Waals surface area contributed by atoms with Crippen LogP contribution in [0.15, 0.2) is 0 Å². The van der Waals surface area contributed by atoms with E-state index < -0.39 is 18.0 Å². The highest BCUT2D eigenvalue weighted by molar-refractivity contribution is 7.98. The molecule has 9 heteroatoms. The highest BCUT2D eigenvalue weighted by atomic mass is 32.2. The van der Waals surface area contributed by atoms with E-state index in [1.54, 1.807) is 11.8 Å². The number of thioether (sulfide) groups is 1. The Morgan fingerprint density at radius 1 is 1.30 bits per heavy atom. The van der Waals surface area contributed by atoms with Crippen molar-refractivity contribution in [2.75, 3.05) is 12.0 Å². The van der Waals surface area contributed by atoms with Crippen LogP contribution in [0, 0.1) is 0 Å². The summed E-state index contributed by atoms with van der Waals surface area (Å²) in [5.41, 5.74) is 9.88. The molecule has 7 nitrogen and oxygen atoms in total. The average molecular weight is 321 g/mol. The number of primary amides is 1. The van der Waals surface area contributed by atoms with Gasteiger partial charge in [0.1, 0.15) is 6.04 Å². The first-order valence-corrected chi connectivity index (χ1v) is 7.89. The van der Waals surface area contributed by atoms with Gasteiger partial charge in [-0.2, -0.15) is 11.8 Å². The topological polar surface area (TPSA) is 108 Å². The number of thiocarbonyl (C=S) groups is 1. The molecule has 0 aliphatic heterocycles. The maximum absolute atomic E-state index is 11.9. The van der Waals surface area contributed by atoms with Crippen LogP contribution in [0.3, 0.4) is 0 Å². The lowest BCUT2D eigenvalue weighted by atomic mass is 10.1. The van der Waals surface area contributed by atoms with Crippen LogP contribution in [0.1, 0.15) is 27.2 Å². The van der Waals surface area contributed by atoms with Gasteiger partial charge in [0, 0.05) is 5.54 Å². The standard InChI is InChI=1S/C11H23N5O2S2/c1-11(2,3)14-10(19)16-15-8(17)7(5-6-20-4)13-9(12)18/h7H,5-6H2,1-4H3,(H,15,17)(H3,12,13,18)(H2,14,16,19)/t7-/m1/s1. The SMILES string of the molecule is CSCC[C@@H](NC(N)=O)C(=O)NNC(=S)NC(C)(C)C. The molecule has 3 amide bonds. The third-order valence-corrected chi connectivity index (χ3v) is 2.88. The Hall–Kier alpha value is -1.22. The third-order valence-electron chi connectivity index (χ3n) is 2.03. The van der Waals surface area contributed by atoms with Crippen molar-refractivity contribution in [1.82, 2.24) is 21.5 Å². The summed E-state index contributed by atoms with van der Waals surface area (Å²) in [7, 11) is 0. The van der Waals surface area contributed by atoms with E-state index in [1.165, 1.54) is 0 Å². The lowest BCUT2D eigenvalue weighted by Crippen LogP contribution is -2.57. The van der Waals surface area contributed by atoms with E-state index >= 15 is 0 Å². The molecule has 0 aromatic carbocycles. The number of hydrazine groups is 1. The van der Waals surface area contributed by atoms with Crippen LogP contribution < -0.4 is 27.2 Å². The zero-order chi connectivity index (χ0) is 15.8. The molecule has 0 aliphatic rings. The van der Waals surface area contributed by atoms with Gasteiger partial charge < -0.3 is 16.4 Å². The average Bonchev–Trinajstić information content (AvgIpc) is 2.28. The van der Waals surface area contributed by atoms with Gasteiger partial charge >= 0.3 is 6.03 Å². The molecule has 0 saturated carbocycles. The minimum atomic E-state index is -0.735. The number of carbonyl (C=O) groups excluding carboxylic acids is 2. The van der Waals surface area contributed by atoms with Crippen LogP contribution in [-0.4, -0.2) is 40.6 Å². The molecule has 116 valence electrons. The number of carbonyl (C=O) groups is 2. The molecular formula is C11H23N5O2S2. The summed E-state index contributed by atoms with van der Waals surface area (Å²) >= 11 is 6.61. The number of nitrogens with two attached hydrogens (primary N) is 1. The van der Waals surface area contributed by atoms with Crippen molar-refractivity contribution in [3.05, 3.63) is 0 Å². The summed E-state index contributed by atoms with van der Waals surface area (Å²) < 4.78 is 0. The first kappa shape index (κ1) is 18.8. The lowest BCUT2D eigenvalue weighted by molar-refractivity contribution is -0.123. The van der Waals surface area contributed by atoms with Crippen LogP contribution in [0.4, 0.5) is 4.79 Å². The van der Waals surface area contributed by atoms with E-state index in [-0.39, 0.29) is 5.54 Å². The Morgan fingerprint density at radius 3 is 2.35 bits per heavy atom. The number of rotatable bonds is 5. The van der Waals surface area contributed by atoms with Crippen LogP contribution >= 0.6 is 24.0 Å². The smallest absolute Gasteiger partial charge is 0.312 e. The van der Waals surface area contributed by atoms with Gasteiger partial charge in [0.15, 0.2) is 5.11 Å². The second kappa shape index (κ2) is 8.85. The second-order valence-corrected chi connectivity index (χ2v) is 6.55. The summed E-state index contributed by atoms with van der Waals surface area (Å²) in [5, 5.41) is 5.68. The molecule has 0 aliphatic carbocycles. The Bertz CT molecular complexity index is 357. The fourth-order valence-corrected chi connectivity index (χ4v) is 2.08. The van der Waals surface area contributed by atoms with E-state index in [2.05, 4.69) is 21.5 Å². The molecule has 20 heavy (non-hydrogen) atoms. The number of hydrogen-bond donors (Lipinski definition) is 5. The monoisotopic (exact) mass is 321 g/mol. The quantitative estimate of drug-likeness (QED) is 0.362.